The molecule has 0 amide bonds. The van der Waals surface area contributed by atoms with Gasteiger partial charge in [0.05, 0.1) is 18.1 Å². The summed E-state index contributed by atoms with van der Waals surface area (Å²) in [4.78, 5) is 13.8. The van der Waals surface area contributed by atoms with Crippen LogP contribution in [0.25, 0.3) is 0 Å². The van der Waals surface area contributed by atoms with Crippen LogP contribution in [0, 0.1) is 57.2 Å². The Hall–Kier alpha value is -2.13. The minimum absolute atomic E-state index is 0.240. The maximum absolute atomic E-state index is 13.8. The largest absolute Gasteiger partial charge is 0.299 e. The van der Waals surface area contributed by atoms with Gasteiger partial charge in [-0.3, -0.25) is 4.79 Å². The minimum Gasteiger partial charge on any atom is -0.299 e. The highest BCUT2D eigenvalue weighted by molar-refractivity contribution is 5.94. The van der Waals surface area contributed by atoms with Crippen LogP contribution in [-0.2, 0) is 11.2 Å². The van der Waals surface area contributed by atoms with Crippen molar-refractivity contribution in [2.45, 2.75) is 57.8 Å². The summed E-state index contributed by atoms with van der Waals surface area (Å²) in [6, 6.07) is 12.7. The van der Waals surface area contributed by atoms with Crippen molar-refractivity contribution in [2.75, 3.05) is 0 Å². The van der Waals surface area contributed by atoms with Crippen molar-refractivity contribution in [3.05, 3.63) is 35.4 Å². The highest BCUT2D eigenvalue weighted by atomic mass is 16.1. The maximum atomic E-state index is 13.8. The Labute approximate surface area is 161 Å². The minimum atomic E-state index is -1.16. The molecule has 3 heteroatoms. The van der Waals surface area contributed by atoms with Gasteiger partial charge in [-0.25, -0.2) is 0 Å². The summed E-state index contributed by atoms with van der Waals surface area (Å²) >= 11 is 0. The van der Waals surface area contributed by atoms with E-state index in [1.807, 2.05) is 12.1 Å². The van der Waals surface area contributed by atoms with Crippen LogP contribution in [0.5, 0.6) is 0 Å². The molecule has 5 aliphatic carbocycles. The van der Waals surface area contributed by atoms with Crippen molar-refractivity contribution < 1.29 is 4.79 Å². The third-order valence-electron chi connectivity index (χ3n) is 8.17. The topological polar surface area (TPSA) is 64.7 Å². The van der Waals surface area contributed by atoms with Crippen LogP contribution < -0.4 is 0 Å². The molecule has 0 aliphatic heterocycles. The number of ketones is 1. The highest BCUT2D eigenvalue weighted by Gasteiger charge is 2.73. The molecule has 138 valence electrons. The van der Waals surface area contributed by atoms with Crippen LogP contribution in [0.2, 0.25) is 0 Å². The molecule has 0 N–H and O–H groups in total. The van der Waals surface area contributed by atoms with Crippen molar-refractivity contribution in [3.63, 3.8) is 0 Å². The number of Topliss-reactive ketones (excluding diaryl/α,β-unsaturated/α-hetero) is 1. The summed E-state index contributed by atoms with van der Waals surface area (Å²) in [6.07, 6.45) is 7.85. The molecule has 2 atom stereocenters. The van der Waals surface area contributed by atoms with Crippen LogP contribution in [0.15, 0.2) is 24.3 Å². The van der Waals surface area contributed by atoms with Crippen molar-refractivity contribution in [1.29, 1.82) is 10.5 Å². The van der Waals surface area contributed by atoms with Gasteiger partial charge in [0.2, 0.25) is 0 Å². The zero-order valence-electron chi connectivity index (χ0n) is 15.9. The SMILES string of the molecule is CCc1ccc(C2C(C(=O)C34CC5CC(CC(C5)C3)C4)C2(C#N)C#N)cc1. The van der Waals surface area contributed by atoms with E-state index in [2.05, 4.69) is 31.2 Å². The van der Waals surface area contributed by atoms with E-state index < -0.39 is 11.3 Å². The molecule has 0 aromatic heterocycles. The van der Waals surface area contributed by atoms with Crippen molar-refractivity contribution >= 4 is 5.78 Å². The first-order valence-electron chi connectivity index (χ1n) is 10.5. The first-order valence-corrected chi connectivity index (χ1v) is 10.5. The number of aryl methyl sites for hydroxylation is 1. The Balaban J connectivity index is 1.49. The third kappa shape index (κ3) is 2.27. The van der Waals surface area contributed by atoms with E-state index in [-0.39, 0.29) is 17.1 Å². The van der Waals surface area contributed by atoms with E-state index in [0.717, 1.165) is 31.2 Å². The summed E-state index contributed by atoms with van der Waals surface area (Å²) in [5, 5.41) is 19.7. The van der Waals surface area contributed by atoms with Crippen molar-refractivity contribution in [2.24, 2.45) is 34.5 Å². The third-order valence-corrected chi connectivity index (χ3v) is 8.17. The molecule has 0 spiro atoms. The molecule has 4 bridgehead atoms. The fraction of sp³-hybridized carbons (Fsp3) is 0.625. The summed E-state index contributed by atoms with van der Waals surface area (Å²) in [5.41, 5.74) is 0.825. The summed E-state index contributed by atoms with van der Waals surface area (Å²) < 4.78 is 0. The molecule has 3 nitrogen and oxygen atoms in total. The van der Waals surface area contributed by atoms with Gasteiger partial charge < -0.3 is 0 Å². The van der Waals surface area contributed by atoms with Crippen LogP contribution in [0.1, 0.15) is 62.5 Å². The Morgan fingerprint density at radius 3 is 1.96 bits per heavy atom. The number of hydrogen-bond acceptors (Lipinski definition) is 3. The first-order chi connectivity index (χ1) is 13.0. The lowest BCUT2D eigenvalue weighted by Crippen LogP contribution is -2.50. The number of nitriles is 2. The second kappa shape index (κ2) is 5.68. The molecular formula is C24H26N2O. The lowest BCUT2D eigenvalue weighted by Gasteiger charge is -2.56. The Morgan fingerprint density at radius 2 is 1.52 bits per heavy atom. The predicted octanol–water partition coefficient (Wildman–Crippen LogP) is 4.78. The average molecular weight is 358 g/mol. The van der Waals surface area contributed by atoms with Gasteiger partial charge in [-0.2, -0.15) is 10.5 Å². The van der Waals surface area contributed by atoms with E-state index in [9.17, 15) is 15.3 Å². The van der Waals surface area contributed by atoms with Gasteiger partial charge in [-0.1, -0.05) is 31.2 Å². The molecule has 0 radical (unpaired) electrons. The Kier molecular flexibility index (Phi) is 3.58. The number of rotatable bonds is 4. The molecule has 1 aromatic rings. The summed E-state index contributed by atoms with van der Waals surface area (Å²) in [6.45, 7) is 2.11. The molecule has 1 aromatic carbocycles. The van der Waals surface area contributed by atoms with Crippen LogP contribution in [0.4, 0.5) is 0 Å². The standard InChI is InChI=1S/C24H26N2O/c1-2-15-3-5-19(6-4-15)20-21(24(20,13-25)14-26)22(27)23-10-16-7-17(11-23)9-18(8-16)12-23/h3-6,16-18,20-21H,2,7-12H2,1H3. The number of nitrogens with zero attached hydrogens (tertiary/aromatic N) is 2. The molecule has 5 aliphatic rings. The van der Waals surface area contributed by atoms with Gasteiger partial charge in [-0.05, 0) is 73.8 Å². The average Bonchev–Trinajstić information content (AvgIpc) is 3.35. The predicted molar refractivity (Wildman–Crippen MR) is 101 cm³/mol. The monoisotopic (exact) mass is 358 g/mol. The van der Waals surface area contributed by atoms with Crippen LogP contribution in [-0.4, -0.2) is 5.78 Å². The normalized spacial score (nSPS) is 40.2. The van der Waals surface area contributed by atoms with Gasteiger partial charge in [-0.15, -0.1) is 0 Å². The lowest BCUT2D eigenvalue weighted by atomic mass is 9.48. The Morgan fingerprint density at radius 1 is 1.00 bits per heavy atom. The number of hydrogen-bond donors (Lipinski definition) is 0. The van der Waals surface area contributed by atoms with E-state index in [0.29, 0.717) is 17.8 Å². The van der Waals surface area contributed by atoms with Crippen molar-refractivity contribution in [3.8, 4) is 12.1 Å². The van der Waals surface area contributed by atoms with E-state index in [1.54, 1.807) is 0 Å². The van der Waals surface area contributed by atoms with E-state index >= 15 is 0 Å². The second-order valence-electron chi connectivity index (χ2n) is 9.71. The fourth-order valence-corrected chi connectivity index (χ4v) is 7.21. The zero-order chi connectivity index (χ0) is 18.8. The highest BCUT2D eigenvalue weighted by Crippen LogP contribution is 2.70. The molecule has 5 saturated carbocycles. The fourth-order valence-electron chi connectivity index (χ4n) is 7.21. The van der Waals surface area contributed by atoms with Gasteiger partial charge in [0.15, 0.2) is 5.41 Å². The first kappa shape index (κ1) is 17.0. The lowest BCUT2D eigenvalue weighted by molar-refractivity contribution is -0.145. The quantitative estimate of drug-likeness (QED) is 0.778. The molecule has 5 fully saturated rings. The number of benzene rings is 1. The maximum Gasteiger partial charge on any atom is 0.161 e. The molecule has 0 heterocycles. The molecular weight excluding hydrogens is 332 g/mol. The second-order valence-corrected chi connectivity index (χ2v) is 9.71. The van der Waals surface area contributed by atoms with Gasteiger partial charge >= 0.3 is 0 Å². The molecule has 2 unspecified atom stereocenters. The summed E-state index contributed by atoms with van der Waals surface area (Å²) in [5.74, 6) is 1.64. The van der Waals surface area contributed by atoms with Crippen molar-refractivity contribution in [1.82, 2.24) is 0 Å². The molecule has 27 heavy (non-hydrogen) atoms. The van der Waals surface area contributed by atoms with Crippen LogP contribution in [0.3, 0.4) is 0 Å². The number of carbonyl (C=O) groups is 1. The molecule has 0 saturated heterocycles. The van der Waals surface area contributed by atoms with E-state index in [4.69, 9.17) is 0 Å². The Bertz CT molecular complexity index is 820. The van der Waals surface area contributed by atoms with Crippen LogP contribution >= 0.6 is 0 Å². The smallest absolute Gasteiger partial charge is 0.161 e. The number of carbonyl (C=O) groups excluding carboxylic acids is 1. The van der Waals surface area contributed by atoms with Gasteiger partial charge in [0.1, 0.15) is 5.78 Å². The van der Waals surface area contributed by atoms with E-state index in [1.165, 1.54) is 24.8 Å². The zero-order valence-corrected chi connectivity index (χ0v) is 15.9. The van der Waals surface area contributed by atoms with Gasteiger partial charge in [0, 0.05) is 11.3 Å². The summed E-state index contributed by atoms with van der Waals surface area (Å²) in [7, 11) is 0. The van der Waals surface area contributed by atoms with Gasteiger partial charge in [0.25, 0.3) is 0 Å². The molecule has 6 rings (SSSR count).